The summed E-state index contributed by atoms with van der Waals surface area (Å²) in [7, 11) is 0. The van der Waals surface area contributed by atoms with Gasteiger partial charge in [0.25, 0.3) is 0 Å². The number of hydrogen-bond acceptors (Lipinski definition) is 4. The second kappa shape index (κ2) is 6.34. The van der Waals surface area contributed by atoms with Gasteiger partial charge in [0, 0.05) is 12.4 Å². The van der Waals surface area contributed by atoms with Gasteiger partial charge in [0.05, 0.1) is 11.1 Å². The van der Waals surface area contributed by atoms with Crippen molar-refractivity contribution in [1.82, 2.24) is 9.55 Å². The molecule has 0 amide bonds. The van der Waals surface area contributed by atoms with E-state index in [-0.39, 0.29) is 5.69 Å². The van der Waals surface area contributed by atoms with Gasteiger partial charge in [-0.1, -0.05) is 6.92 Å². The molecule has 7 heteroatoms. The zero-order valence-electron chi connectivity index (χ0n) is 9.50. The van der Waals surface area contributed by atoms with Crippen LogP contribution in [-0.4, -0.2) is 20.4 Å². The van der Waals surface area contributed by atoms with E-state index in [1.807, 2.05) is 6.92 Å². The molecule has 1 heterocycles. The lowest BCUT2D eigenvalue weighted by molar-refractivity contribution is -0.385. The molecule has 0 aliphatic rings. The lowest BCUT2D eigenvalue weighted by Crippen LogP contribution is -2.23. The molecule has 1 rings (SSSR count). The summed E-state index contributed by atoms with van der Waals surface area (Å²) in [6, 6.07) is 0. The van der Waals surface area contributed by atoms with E-state index >= 15 is 0 Å². The van der Waals surface area contributed by atoms with Crippen LogP contribution in [0.1, 0.15) is 19.8 Å². The molecule has 94 valence electrons. The maximum atomic E-state index is 11.4. The fourth-order valence-corrected chi connectivity index (χ4v) is 1.76. The van der Waals surface area contributed by atoms with Crippen molar-refractivity contribution >= 4 is 17.3 Å². The van der Waals surface area contributed by atoms with Crippen molar-refractivity contribution in [3.05, 3.63) is 33.0 Å². The molecule has 0 aliphatic heterocycles. The van der Waals surface area contributed by atoms with Crippen LogP contribution >= 0.6 is 11.6 Å². The van der Waals surface area contributed by atoms with E-state index in [4.69, 9.17) is 11.6 Å². The van der Waals surface area contributed by atoms with Crippen LogP contribution < -0.4 is 5.69 Å². The van der Waals surface area contributed by atoms with Crippen LogP contribution in [0.25, 0.3) is 0 Å². The molecule has 0 radical (unpaired) electrons. The molecule has 0 fully saturated rings. The number of halogens is 1. The highest BCUT2D eigenvalue weighted by Crippen LogP contribution is 2.10. The Morgan fingerprint density at radius 3 is 2.88 bits per heavy atom. The Morgan fingerprint density at radius 1 is 1.59 bits per heavy atom. The summed E-state index contributed by atoms with van der Waals surface area (Å²) < 4.78 is 1.27. The minimum atomic E-state index is -0.564. The molecule has 17 heavy (non-hydrogen) atoms. The number of alkyl halides is 1. The summed E-state index contributed by atoms with van der Waals surface area (Å²) in [5.41, 5.74) is -0.636. The van der Waals surface area contributed by atoms with Crippen LogP contribution in [0, 0.1) is 16.0 Å². The third kappa shape index (κ3) is 4.14. The minimum Gasteiger partial charge on any atom is -0.292 e. The molecule has 0 aliphatic carbocycles. The quantitative estimate of drug-likeness (QED) is 0.443. The van der Waals surface area contributed by atoms with Crippen molar-refractivity contribution < 1.29 is 4.92 Å². The van der Waals surface area contributed by atoms with Crippen molar-refractivity contribution in [3.8, 4) is 0 Å². The third-order valence-electron chi connectivity index (χ3n) is 2.52. The van der Waals surface area contributed by atoms with Crippen molar-refractivity contribution in [1.29, 1.82) is 0 Å². The monoisotopic (exact) mass is 259 g/mol. The van der Waals surface area contributed by atoms with Crippen molar-refractivity contribution in [2.24, 2.45) is 5.92 Å². The highest BCUT2D eigenvalue weighted by atomic mass is 35.5. The number of aromatic nitrogens is 2. The van der Waals surface area contributed by atoms with Gasteiger partial charge in [-0.05, 0) is 18.8 Å². The molecule has 0 spiro atoms. The van der Waals surface area contributed by atoms with Crippen LogP contribution in [-0.2, 0) is 6.54 Å². The largest absolute Gasteiger partial charge is 0.347 e. The van der Waals surface area contributed by atoms with Crippen LogP contribution in [0.5, 0.6) is 0 Å². The maximum Gasteiger partial charge on any atom is 0.347 e. The summed E-state index contributed by atoms with van der Waals surface area (Å²) in [6.45, 7) is 2.45. The highest BCUT2D eigenvalue weighted by Gasteiger charge is 2.09. The second-order valence-corrected chi connectivity index (χ2v) is 4.29. The summed E-state index contributed by atoms with van der Waals surface area (Å²) in [5, 5.41) is 10.5. The van der Waals surface area contributed by atoms with E-state index in [2.05, 4.69) is 4.98 Å². The number of nitrogens with zero attached hydrogens (tertiary/aromatic N) is 3. The Kier molecular flexibility index (Phi) is 5.09. The first-order chi connectivity index (χ1) is 8.04. The fourth-order valence-electron chi connectivity index (χ4n) is 1.39. The Bertz CT molecular complexity index is 447. The number of aryl methyl sites for hydroxylation is 1. The first-order valence-corrected chi connectivity index (χ1v) is 5.85. The standard InChI is InChI=1S/C10H14ClN3O3/c1-8(2-4-11)3-5-13-7-9(14(16)17)6-12-10(13)15/h6-8H,2-5H2,1H3. The van der Waals surface area contributed by atoms with E-state index in [0.717, 1.165) is 19.0 Å². The first kappa shape index (κ1) is 13.6. The number of rotatable bonds is 6. The van der Waals surface area contributed by atoms with E-state index < -0.39 is 10.6 Å². The third-order valence-corrected chi connectivity index (χ3v) is 2.73. The Morgan fingerprint density at radius 2 is 2.29 bits per heavy atom. The molecule has 0 saturated carbocycles. The predicted octanol–water partition coefficient (Wildman–Crippen LogP) is 1.81. The second-order valence-electron chi connectivity index (χ2n) is 3.92. The van der Waals surface area contributed by atoms with Crippen molar-refractivity contribution in [2.45, 2.75) is 26.3 Å². The van der Waals surface area contributed by atoms with Gasteiger partial charge in [0.1, 0.15) is 6.20 Å². The number of hydrogen-bond donors (Lipinski definition) is 0. The summed E-state index contributed by atoms with van der Waals surface area (Å²) in [4.78, 5) is 24.8. The molecule has 0 bridgehead atoms. The fraction of sp³-hybridized carbons (Fsp3) is 0.600. The molecule has 0 saturated heterocycles. The van der Waals surface area contributed by atoms with Gasteiger partial charge in [-0.3, -0.25) is 14.7 Å². The van der Waals surface area contributed by atoms with Crippen LogP contribution in [0.4, 0.5) is 5.69 Å². The Labute approximate surface area is 103 Å². The maximum absolute atomic E-state index is 11.4. The van der Waals surface area contributed by atoms with Crippen molar-refractivity contribution in [2.75, 3.05) is 5.88 Å². The molecular formula is C10H14ClN3O3. The average molecular weight is 260 g/mol. The normalized spacial score (nSPS) is 12.4. The van der Waals surface area contributed by atoms with Gasteiger partial charge >= 0.3 is 11.4 Å². The molecule has 1 aromatic rings. The predicted molar refractivity (Wildman–Crippen MR) is 64.3 cm³/mol. The number of nitro groups is 1. The molecule has 1 atom stereocenters. The molecule has 0 aromatic carbocycles. The molecular weight excluding hydrogens is 246 g/mol. The SMILES string of the molecule is CC(CCCl)CCn1cc([N+](=O)[O-])cnc1=O. The summed E-state index contributed by atoms with van der Waals surface area (Å²) >= 11 is 5.61. The van der Waals surface area contributed by atoms with Gasteiger partial charge in [-0.15, -0.1) is 11.6 Å². The summed E-state index contributed by atoms with van der Waals surface area (Å²) in [6.07, 6.45) is 3.80. The average Bonchev–Trinajstić information content (AvgIpc) is 2.28. The van der Waals surface area contributed by atoms with E-state index in [0.29, 0.717) is 18.3 Å². The zero-order valence-corrected chi connectivity index (χ0v) is 10.3. The lowest BCUT2D eigenvalue weighted by atomic mass is 10.1. The topological polar surface area (TPSA) is 78.0 Å². The van der Waals surface area contributed by atoms with Crippen LogP contribution in [0.2, 0.25) is 0 Å². The van der Waals surface area contributed by atoms with Crippen LogP contribution in [0.3, 0.4) is 0 Å². The first-order valence-electron chi connectivity index (χ1n) is 5.31. The minimum absolute atomic E-state index is 0.172. The van der Waals surface area contributed by atoms with E-state index in [1.54, 1.807) is 0 Å². The summed E-state index contributed by atoms with van der Waals surface area (Å²) in [5.74, 6) is 0.946. The lowest BCUT2D eigenvalue weighted by Gasteiger charge is -2.09. The van der Waals surface area contributed by atoms with Gasteiger partial charge in [0.15, 0.2) is 0 Å². The molecule has 1 unspecified atom stereocenters. The van der Waals surface area contributed by atoms with Gasteiger partial charge < -0.3 is 0 Å². The zero-order chi connectivity index (χ0) is 12.8. The van der Waals surface area contributed by atoms with Gasteiger partial charge in [-0.2, -0.15) is 4.98 Å². The smallest absolute Gasteiger partial charge is 0.292 e. The van der Waals surface area contributed by atoms with Gasteiger partial charge in [-0.25, -0.2) is 4.79 Å². The highest BCUT2D eigenvalue weighted by molar-refractivity contribution is 6.17. The Hall–Kier alpha value is -1.43. The Balaban J connectivity index is 2.73. The van der Waals surface area contributed by atoms with E-state index in [1.165, 1.54) is 10.8 Å². The van der Waals surface area contributed by atoms with Gasteiger partial charge in [0.2, 0.25) is 0 Å². The van der Waals surface area contributed by atoms with Crippen molar-refractivity contribution in [3.63, 3.8) is 0 Å². The molecule has 6 nitrogen and oxygen atoms in total. The van der Waals surface area contributed by atoms with Crippen LogP contribution in [0.15, 0.2) is 17.2 Å². The molecule has 1 aromatic heterocycles. The molecule has 0 N–H and O–H groups in total. The van der Waals surface area contributed by atoms with E-state index in [9.17, 15) is 14.9 Å².